The highest BCUT2D eigenvalue weighted by Crippen LogP contribution is 2.18. The predicted molar refractivity (Wildman–Crippen MR) is 39.8 cm³/mol. The minimum atomic E-state index is 0.0410. The third-order valence-electron chi connectivity index (χ3n) is 1.73. The number of carbonyl (C=O) groups excluding carboxylic acids is 1. The highest BCUT2D eigenvalue weighted by Gasteiger charge is 2.27. The van der Waals surface area contributed by atoms with Crippen molar-refractivity contribution in [3.05, 3.63) is 0 Å². The number of nitrogens with zero attached hydrogens (tertiary/aromatic N) is 1. The van der Waals surface area contributed by atoms with Crippen molar-refractivity contribution in [3.8, 4) is 0 Å². The normalized spacial score (nSPS) is 24.3. The molecule has 0 aromatic heterocycles. The van der Waals surface area contributed by atoms with Gasteiger partial charge in [-0.3, -0.25) is 0 Å². The Hall–Kier alpha value is -0.730. The van der Waals surface area contributed by atoms with E-state index in [9.17, 15) is 4.79 Å². The maximum atomic E-state index is 10.9. The topological polar surface area (TPSA) is 32.3 Å². The fraction of sp³-hybridized carbons (Fsp3) is 0.857. The van der Waals surface area contributed by atoms with Gasteiger partial charge in [-0.2, -0.15) is 0 Å². The largest absolute Gasteiger partial charge is 0.337 e. The van der Waals surface area contributed by atoms with Crippen LogP contribution in [0.5, 0.6) is 0 Å². The molecule has 0 aliphatic carbocycles. The van der Waals surface area contributed by atoms with Crippen molar-refractivity contribution in [1.82, 2.24) is 10.2 Å². The summed E-state index contributed by atoms with van der Waals surface area (Å²) in [7, 11) is 1.82. The van der Waals surface area contributed by atoms with Crippen LogP contribution in [-0.4, -0.2) is 31.1 Å². The van der Waals surface area contributed by atoms with Gasteiger partial charge in [0.1, 0.15) is 0 Å². The van der Waals surface area contributed by atoms with E-state index >= 15 is 0 Å². The third-order valence-corrected chi connectivity index (χ3v) is 1.73. The highest BCUT2D eigenvalue weighted by atomic mass is 16.2. The van der Waals surface area contributed by atoms with Crippen molar-refractivity contribution in [2.45, 2.75) is 13.8 Å². The van der Waals surface area contributed by atoms with Gasteiger partial charge in [-0.05, 0) is 5.41 Å². The Kier molecular flexibility index (Phi) is 1.58. The smallest absolute Gasteiger partial charge is 0.317 e. The van der Waals surface area contributed by atoms with Crippen molar-refractivity contribution in [2.24, 2.45) is 5.41 Å². The second kappa shape index (κ2) is 2.15. The first-order chi connectivity index (χ1) is 4.51. The first kappa shape index (κ1) is 7.38. The molecular weight excluding hydrogens is 128 g/mol. The second-order valence-corrected chi connectivity index (χ2v) is 3.68. The number of nitrogens with one attached hydrogen (secondary N) is 1. The standard InChI is InChI=1S/C7H14N2O/c1-7(2)4-8-6(10)9(3)5-7/h4-5H2,1-3H3,(H,8,10). The lowest BCUT2D eigenvalue weighted by atomic mass is 9.91. The van der Waals surface area contributed by atoms with E-state index in [0.29, 0.717) is 0 Å². The van der Waals surface area contributed by atoms with Gasteiger partial charge in [-0.1, -0.05) is 13.8 Å². The van der Waals surface area contributed by atoms with Gasteiger partial charge in [0, 0.05) is 20.1 Å². The van der Waals surface area contributed by atoms with E-state index in [2.05, 4.69) is 19.2 Å². The Labute approximate surface area is 61.4 Å². The van der Waals surface area contributed by atoms with Crippen LogP contribution in [0.4, 0.5) is 4.79 Å². The summed E-state index contributed by atoms with van der Waals surface area (Å²) in [5.41, 5.74) is 0.225. The van der Waals surface area contributed by atoms with E-state index in [1.807, 2.05) is 7.05 Å². The van der Waals surface area contributed by atoms with Gasteiger partial charge in [0.15, 0.2) is 0 Å². The molecule has 1 N–H and O–H groups in total. The Morgan fingerprint density at radius 1 is 1.60 bits per heavy atom. The van der Waals surface area contributed by atoms with Gasteiger partial charge < -0.3 is 10.2 Å². The first-order valence-corrected chi connectivity index (χ1v) is 3.50. The Bertz CT molecular complexity index is 154. The second-order valence-electron chi connectivity index (χ2n) is 3.68. The lowest BCUT2D eigenvalue weighted by Gasteiger charge is -2.36. The molecule has 10 heavy (non-hydrogen) atoms. The maximum Gasteiger partial charge on any atom is 0.317 e. The summed E-state index contributed by atoms with van der Waals surface area (Å²) < 4.78 is 0. The lowest BCUT2D eigenvalue weighted by molar-refractivity contribution is 0.153. The molecule has 1 aliphatic heterocycles. The van der Waals surface area contributed by atoms with Crippen LogP contribution in [0.2, 0.25) is 0 Å². The number of carbonyl (C=O) groups is 1. The molecule has 0 saturated carbocycles. The molecule has 3 nitrogen and oxygen atoms in total. The molecule has 0 bridgehead atoms. The maximum absolute atomic E-state index is 10.9. The van der Waals surface area contributed by atoms with Gasteiger partial charge in [0.25, 0.3) is 0 Å². The Morgan fingerprint density at radius 3 is 2.60 bits per heavy atom. The Morgan fingerprint density at radius 2 is 2.20 bits per heavy atom. The molecule has 2 amide bonds. The van der Waals surface area contributed by atoms with Crippen LogP contribution in [-0.2, 0) is 0 Å². The quantitative estimate of drug-likeness (QED) is 0.529. The van der Waals surface area contributed by atoms with Crippen LogP contribution < -0.4 is 5.32 Å². The third kappa shape index (κ3) is 1.40. The average molecular weight is 142 g/mol. The average Bonchev–Trinajstić information content (AvgIpc) is 1.79. The molecule has 0 spiro atoms. The first-order valence-electron chi connectivity index (χ1n) is 3.50. The Balaban J connectivity index is 2.57. The van der Waals surface area contributed by atoms with Crippen LogP contribution >= 0.6 is 0 Å². The molecule has 0 aromatic carbocycles. The summed E-state index contributed by atoms with van der Waals surface area (Å²) >= 11 is 0. The van der Waals surface area contributed by atoms with Gasteiger partial charge >= 0.3 is 6.03 Å². The number of urea groups is 1. The zero-order valence-corrected chi connectivity index (χ0v) is 6.77. The van der Waals surface area contributed by atoms with Crippen LogP contribution in [0.1, 0.15) is 13.8 Å². The molecule has 1 fully saturated rings. The molecule has 1 saturated heterocycles. The van der Waals surface area contributed by atoms with E-state index in [0.717, 1.165) is 13.1 Å². The molecule has 58 valence electrons. The molecular formula is C7H14N2O. The minimum absolute atomic E-state index is 0.0410. The highest BCUT2D eigenvalue weighted by molar-refractivity contribution is 5.74. The summed E-state index contributed by atoms with van der Waals surface area (Å²) in [5, 5.41) is 2.81. The fourth-order valence-electron chi connectivity index (χ4n) is 1.22. The molecule has 0 unspecified atom stereocenters. The monoisotopic (exact) mass is 142 g/mol. The van der Waals surface area contributed by atoms with Crippen LogP contribution in [0.3, 0.4) is 0 Å². The van der Waals surface area contributed by atoms with Crippen molar-refractivity contribution in [1.29, 1.82) is 0 Å². The molecule has 1 heterocycles. The number of amides is 2. The van der Waals surface area contributed by atoms with Crippen molar-refractivity contribution in [2.75, 3.05) is 20.1 Å². The number of rotatable bonds is 0. The van der Waals surface area contributed by atoms with Crippen molar-refractivity contribution < 1.29 is 4.79 Å². The van der Waals surface area contributed by atoms with Crippen LogP contribution in [0.15, 0.2) is 0 Å². The molecule has 0 radical (unpaired) electrons. The fourth-order valence-corrected chi connectivity index (χ4v) is 1.22. The minimum Gasteiger partial charge on any atom is -0.337 e. The zero-order chi connectivity index (χ0) is 7.78. The number of hydrogen-bond donors (Lipinski definition) is 1. The van der Waals surface area contributed by atoms with E-state index < -0.39 is 0 Å². The van der Waals surface area contributed by atoms with Gasteiger partial charge in [-0.25, -0.2) is 4.79 Å². The summed E-state index contributed by atoms with van der Waals surface area (Å²) in [6, 6.07) is 0.0410. The molecule has 1 aliphatic rings. The van der Waals surface area contributed by atoms with Crippen LogP contribution in [0.25, 0.3) is 0 Å². The van der Waals surface area contributed by atoms with E-state index in [4.69, 9.17) is 0 Å². The van der Waals surface area contributed by atoms with Gasteiger partial charge in [-0.15, -0.1) is 0 Å². The van der Waals surface area contributed by atoms with Gasteiger partial charge in [0.05, 0.1) is 0 Å². The van der Waals surface area contributed by atoms with Crippen molar-refractivity contribution >= 4 is 6.03 Å². The molecule has 1 rings (SSSR count). The molecule has 0 atom stereocenters. The van der Waals surface area contributed by atoms with E-state index in [1.54, 1.807) is 4.90 Å². The summed E-state index contributed by atoms with van der Waals surface area (Å²) in [6.45, 7) is 5.92. The molecule has 0 aromatic rings. The van der Waals surface area contributed by atoms with Gasteiger partial charge in [0.2, 0.25) is 0 Å². The number of hydrogen-bond acceptors (Lipinski definition) is 1. The predicted octanol–water partition coefficient (Wildman–Crippen LogP) is 0.668. The van der Waals surface area contributed by atoms with E-state index in [-0.39, 0.29) is 11.4 Å². The summed E-state index contributed by atoms with van der Waals surface area (Å²) in [4.78, 5) is 12.6. The summed E-state index contributed by atoms with van der Waals surface area (Å²) in [6.07, 6.45) is 0. The molecule has 3 heteroatoms. The SMILES string of the molecule is CN1CC(C)(C)CNC1=O. The van der Waals surface area contributed by atoms with Crippen LogP contribution in [0, 0.1) is 5.41 Å². The summed E-state index contributed by atoms with van der Waals surface area (Å²) in [5.74, 6) is 0. The zero-order valence-electron chi connectivity index (χ0n) is 6.77. The van der Waals surface area contributed by atoms with Crippen molar-refractivity contribution in [3.63, 3.8) is 0 Å². The lowest BCUT2D eigenvalue weighted by Crippen LogP contribution is -2.52. The van der Waals surface area contributed by atoms with E-state index in [1.165, 1.54) is 0 Å².